The van der Waals surface area contributed by atoms with Crippen molar-refractivity contribution in [3.05, 3.63) is 134 Å². The summed E-state index contributed by atoms with van der Waals surface area (Å²) < 4.78 is 12.8. The second-order valence-corrected chi connectivity index (χ2v) is 11.6. The molecule has 0 radical (unpaired) electrons. The molecular weight excluding hydrogens is 620 g/mol. The van der Waals surface area contributed by atoms with Gasteiger partial charge in [0.1, 0.15) is 6.61 Å². The predicted octanol–water partition coefficient (Wildman–Crippen LogP) is 8.75. The second kappa shape index (κ2) is 13.9. The molecule has 5 rings (SSSR count). The monoisotopic (exact) mass is 646 g/mol. The van der Waals surface area contributed by atoms with E-state index in [4.69, 9.17) is 26.1 Å². The molecular formula is C33H28BrClN2O3S. The van der Waals surface area contributed by atoms with E-state index < -0.39 is 0 Å². The second-order valence-electron chi connectivity index (χ2n) is 9.25. The first-order valence-electron chi connectivity index (χ1n) is 13.2. The highest BCUT2D eigenvalue weighted by atomic mass is 79.9. The van der Waals surface area contributed by atoms with E-state index in [1.54, 1.807) is 4.90 Å². The van der Waals surface area contributed by atoms with Gasteiger partial charge in [0.15, 0.2) is 16.7 Å². The van der Waals surface area contributed by atoms with Gasteiger partial charge in [-0.3, -0.25) is 14.7 Å². The zero-order valence-corrected chi connectivity index (χ0v) is 25.6. The van der Waals surface area contributed by atoms with Gasteiger partial charge in [-0.1, -0.05) is 84.4 Å². The minimum absolute atomic E-state index is 0.0824. The Labute approximate surface area is 258 Å². The number of halogens is 2. The number of carbonyl (C=O) groups is 1. The third-order valence-corrected chi connectivity index (χ3v) is 8.08. The third kappa shape index (κ3) is 7.61. The molecule has 1 aliphatic heterocycles. The summed E-state index contributed by atoms with van der Waals surface area (Å²) >= 11 is 11.2. The summed E-state index contributed by atoms with van der Waals surface area (Å²) in [7, 11) is 0. The summed E-state index contributed by atoms with van der Waals surface area (Å²) in [6.07, 6.45) is 1.88. The Balaban J connectivity index is 1.42. The Hall–Kier alpha value is -3.52. The number of carbonyl (C=O) groups excluding carboxylic acids is 1. The van der Waals surface area contributed by atoms with Gasteiger partial charge in [-0.25, -0.2) is 0 Å². The highest BCUT2D eigenvalue weighted by molar-refractivity contribution is 9.10. The summed E-state index contributed by atoms with van der Waals surface area (Å²) in [6.45, 7) is 3.67. The SMILES string of the molecule is CCOc1cc(/C=C2/SC(=NCc3ccccc3)N(Cc3ccccc3)C2=O)cc(Br)c1OCc1cccc(Cl)c1. The number of ether oxygens (including phenoxy) is 2. The average molecular weight is 648 g/mol. The highest BCUT2D eigenvalue weighted by Crippen LogP contribution is 2.40. The number of amides is 1. The Kier molecular flexibility index (Phi) is 9.83. The molecule has 1 heterocycles. The quantitative estimate of drug-likeness (QED) is 0.162. The summed E-state index contributed by atoms with van der Waals surface area (Å²) in [5.74, 6) is 1.10. The van der Waals surface area contributed by atoms with Gasteiger partial charge in [-0.2, -0.15) is 0 Å². The van der Waals surface area contributed by atoms with Gasteiger partial charge >= 0.3 is 0 Å². The highest BCUT2D eigenvalue weighted by Gasteiger charge is 2.33. The first kappa shape index (κ1) is 29.0. The molecule has 0 atom stereocenters. The summed E-state index contributed by atoms with van der Waals surface area (Å²) in [6, 6.07) is 31.4. The van der Waals surface area contributed by atoms with E-state index in [1.807, 2.05) is 110 Å². The lowest BCUT2D eigenvalue weighted by atomic mass is 10.1. The van der Waals surface area contributed by atoms with Crippen LogP contribution in [0, 0.1) is 0 Å². The van der Waals surface area contributed by atoms with Gasteiger partial charge in [0, 0.05) is 5.02 Å². The van der Waals surface area contributed by atoms with E-state index >= 15 is 0 Å². The Morgan fingerprint density at radius 1 is 0.902 bits per heavy atom. The molecule has 0 spiro atoms. The van der Waals surface area contributed by atoms with Crippen molar-refractivity contribution in [3.8, 4) is 11.5 Å². The van der Waals surface area contributed by atoms with Crippen LogP contribution in [-0.2, 0) is 24.5 Å². The fourth-order valence-corrected chi connectivity index (χ4v) is 6.04. The zero-order valence-electron chi connectivity index (χ0n) is 22.4. The van der Waals surface area contributed by atoms with Crippen LogP contribution in [0.25, 0.3) is 6.08 Å². The first-order valence-corrected chi connectivity index (χ1v) is 15.2. The van der Waals surface area contributed by atoms with Gasteiger partial charge in [0.25, 0.3) is 5.91 Å². The summed E-state index contributed by atoms with van der Waals surface area (Å²) in [4.78, 5) is 20.8. The number of benzene rings is 4. The molecule has 1 fully saturated rings. The lowest BCUT2D eigenvalue weighted by Crippen LogP contribution is -2.28. The van der Waals surface area contributed by atoms with Crippen LogP contribution < -0.4 is 9.47 Å². The fourth-order valence-electron chi connectivity index (χ4n) is 4.28. The van der Waals surface area contributed by atoms with Crippen LogP contribution >= 0.6 is 39.3 Å². The van der Waals surface area contributed by atoms with Crippen LogP contribution in [0.4, 0.5) is 0 Å². The number of hydrogen-bond donors (Lipinski definition) is 0. The summed E-state index contributed by atoms with van der Waals surface area (Å²) in [5.41, 5.74) is 3.89. The van der Waals surface area contributed by atoms with Crippen molar-refractivity contribution in [2.24, 2.45) is 4.99 Å². The van der Waals surface area contributed by atoms with Crippen molar-refractivity contribution < 1.29 is 14.3 Å². The number of hydrogen-bond acceptors (Lipinski definition) is 5. The minimum Gasteiger partial charge on any atom is -0.490 e. The minimum atomic E-state index is -0.0824. The predicted molar refractivity (Wildman–Crippen MR) is 171 cm³/mol. The molecule has 0 bridgehead atoms. The van der Waals surface area contributed by atoms with E-state index in [0.717, 1.165) is 26.7 Å². The molecule has 5 nitrogen and oxygen atoms in total. The van der Waals surface area contributed by atoms with E-state index in [-0.39, 0.29) is 5.91 Å². The largest absolute Gasteiger partial charge is 0.490 e. The van der Waals surface area contributed by atoms with E-state index in [0.29, 0.717) is 52.9 Å². The van der Waals surface area contributed by atoms with Crippen LogP contribution in [0.1, 0.15) is 29.2 Å². The standard InChI is InChI=1S/C33H28BrClN2O3S/c1-2-39-29-18-26(17-28(34)31(29)40-22-25-14-9-15-27(35)16-25)19-30-32(38)37(21-24-12-7-4-8-13-24)33(41-30)36-20-23-10-5-3-6-11-23/h3-19H,2,20-22H2,1H3/b30-19+,36-33?. The molecule has 1 saturated heterocycles. The first-order chi connectivity index (χ1) is 20.0. The van der Waals surface area contributed by atoms with Gasteiger partial charge in [-0.15, -0.1) is 0 Å². The van der Waals surface area contributed by atoms with E-state index in [9.17, 15) is 4.79 Å². The van der Waals surface area contributed by atoms with Gasteiger partial charge in [0.05, 0.1) is 29.1 Å². The molecule has 4 aromatic rings. The zero-order chi connectivity index (χ0) is 28.6. The number of rotatable bonds is 10. The van der Waals surface area contributed by atoms with Crippen molar-refractivity contribution in [2.45, 2.75) is 26.6 Å². The van der Waals surface area contributed by atoms with Crippen LogP contribution in [0.2, 0.25) is 5.02 Å². The average Bonchev–Trinajstić information content (AvgIpc) is 3.26. The Bertz CT molecular complexity index is 1580. The molecule has 208 valence electrons. The molecule has 1 amide bonds. The maximum Gasteiger partial charge on any atom is 0.267 e. The Morgan fingerprint density at radius 3 is 2.32 bits per heavy atom. The molecule has 41 heavy (non-hydrogen) atoms. The lowest BCUT2D eigenvalue weighted by molar-refractivity contribution is -0.122. The van der Waals surface area contributed by atoms with Gasteiger partial charge < -0.3 is 9.47 Å². The van der Waals surface area contributed by atoms with Crippen LogP contribution in [0.15, 0.2) is 111 Å². The molecule has 0 aromatic heterocycles. The van der Waals surface area contributed by atoms with Crippen molar-refractivity contribution in [2.75, 3.05) is 6.61 Å². The molecule has 4 aromatic carbocycles. The van der Waals surface area contributed by atoms with Crippen LogP contribution in [-0.4, -0.2) is 22.6 Å². The molecule has 0 N–H and O–H groups in total. The van der Waals surface area contributed by atoms with Gasteiger partial charge in [-0.05, 0) is 87.2 Å². The maximum absolute atomic E-state index is 13.7. The van der Waals surface area contributed by atoms with Crippen LogP contribution in [0.3, 0.4) is 0 Å². The molecule has 0 aliphatic carbocycles. The maximum atomic E-state index is 13.7. The van der Waals surface area contributed by atoms with Crippen molar-refractivity contribution in [1.82, 2.24) is 4.90 Å². The fraction of sp³-hybridized carbons (Fsp3) is 0.152. The molecule has 8 heteroatoms. The van der Waals surface area contributed by atoms with Crippen molar-refractivity contribution in [1.29, 1.82) is 0 Å². The van der Waals surface area contributed by atoms with Gasteiger partial charge in [0.2, 0.25) is 0 Å². The smallest absolute Gasteiger partial charge is 0.267 e. The molecule has 1 aliphatic rings. The van der Waals surface area contributed by atoms with E-state index in [2.05, 4.69) is 15.9 Å². The lowest BCUT2D eigenvalue weighted by Gasteiger charge is -2.16. The van der Waals surface area contributed by atoms with Crippen molar-refractivity contribution >= 4 is 56.4 Å². The number of aliphatic imine (C=N–C) groups is 1. The number of thioether (sulfide) groups is 1. The summed E-state index contributed by atoms with van der Waals surface area (Å²) in [5, 5.41) is 1.34. The van der Waals surface area contributed by atoms with Crippen molar-refractivity contribution in [3.63, 3.8) is 0 Å². The van der Waals surface area contributed by atoms with E-state index in [1.165, 1.54) is 11.8 Å². The molecule has 0 unspecified atom stereocenters. The Morgan fingerprint density at radius 2 is 1.61 bits per heavy atom. The topological polar surface area (TPSA) is 51.1 Å². The molecule has 0 saturated carbocycles. The number of nitrogens with zero attached hydrogens (tertiary/aromatic N) is 2. The van der Waals surface area contributed by atoms with Crippen LogP contribution in [0.5, 0.6) is 11.5 Å². The number of amidine groups is 1. The third-order valence-electron chi connectivity index (χ3n) is 6.21. The normalized spacial score (nSPS) is 15.1.